The van der Waals surface area contributed by atoms with E-state index in [1.807, 2.05) is 0 Å². The van der Waals surface area contributed by atoms with Gasteiger partial charge in [-0.3, -0.25) is 24.0 Å². The second-order valence-corrected chi connectivity index (χ2v) is 8.24. The van der Waals surface area contributed by atoms with Crippen molar-refractivity contribution in [2.45, 2.75) is 69.3 Å². The lowest BCUT2D eigenvalue weighted by atomic mass is 10.0. The fourth-order valence-electron chi connectivity index (χ4n) is 3.59. The number of amides is 5. The monoisotopic (exact) mass is 472 g/mol. The molecule has 0 bridgehead atoms. The minimum Gasteiger partial charge on any atom is -0.394 e. The maximum Gasteiger partial charge on any atom is 0.248 e. The van der Waals surface area contributed by atoms with E-state index in [4.69, 9.17) is 11.5 Å². The summed E-state index contributed by atoms with van der Waals surface area (Å²) in [6.45, 7) is 0.847. The maximum absolute atomic E-state index is 13.1. The number of aliphatic hydroxyl groups excluding tert-OH is 2. The molecular weight excluding hydrogens is 436 g/mol. The molecule has 1 aliphatic rings. The van der Waals surface area contributed by atoms with Gasteiger partial charge in [0.25, 0.3) is 0 Å². The standard InChI is InChI=1S/C20H36N6O7/c1-11(28)16-20(33)25(2)14(10-27)18(31)24-13(17(22)30)6-4-5-9-23-15(29)8-7-12(21)19(32)26(16)3/h11-14,16,27-28H,4-10,21H2,1-3H3,(H2,22,30)(H,23,29)(H,24,31)/t11?,12-,13-,14-,16-/m0/s1. The second-order valence-electron chi connectivity index (χ2n) is 8.24. The zero-order valence-electron chi connectivity index (χ0n) is 19.3. The Hall–Kier alpha value is -2.77. The summed E-state index contributed by atoms with van der Waals surface area (Å²) in [6, 6.07) is -4.93. The smallest absolute Gasteiger partial charge is 0.248 e. The molecule has 0 spiro atoms. The third kappa shape index (κ3) is 7.94. The normalized spacial score (nSPS) is 28.4. The maximum atomic E-state index is 13.1. The molecule has 5 atom stereocenters. The van der Waals surface area contributed by atoms with Crippen LogP contribution in [0.4, 0.5) is 0 Å². The molecule has 1 fully saturated rings. The first-order valence-corrected chi connectivity index (χ1v) is 10.9. The molecular formula is C20H36N6O7. The number of hydrogen-bond donors (Lipinski definition) is 6. The Kier molecular flexibility index (Phi) is 11.2. The van der Waals surface area contributed by atoms with Gasteiger partial charge in [-0.15, -0.1) is 0 Å². The predicted octanol–water partition coefficient (Wildman–Crippen LogP) is -3.61. The van der Waals surface area contributed by atoms with Crippen molar-refractivity contribution in [3.63, 3.8) is 0 Å². The molecule has 1 aliphatic heterocycles. The number of nitrogens with one attached hydrogen (secondary N) is 2. The highest BCUT2D eigenvalue weighted by molar-refractivity contribution is 5.94. The van der Waals surface area contributed by atoms with Gasteiger partial charge in [-0.05, 0) is 32.6 Å². The van der Waals surface area contributed by atoms with E-state index in [0.29, 0.717) is 19.4 Å². The first-order chi connectivity index (χ1) is 15.4. The third-order valence-corrected chi connectivity index (χ3v) is 5.67. The molecule has 5 amide bonds. The summed E-state index contributed by atoms with van der Waals surface area (Å²) < 4.78 is 0. The van der Waals surface area contributed by atoms with Crippen LogP contribution in [0.15, 0.2) is 0 Å². The van der Waals surface area contributed by atoms with E-state index in [1.54, 1.807) is 0 Å². The molecule has 1 unspecified atom stereocenters. The van der Waals surface area contributed by atoms with Gasteiger partial charge in [0.05, 0.1) is 18.8 Å². The number of nitrogens with zero attached hydrogens (tertiary/aromatic N) is 2. The Morgan fingerprint density at radius 3 is 2.30 bits per heavy atom. The van der Waals surface area contributed by atoms with E-state index in [1.165, 1.54) is 21.0 Å². The van der Waals surface area contributed by atoms with Crippen LogP contribution in [-0.4, -0.2) is 107 Å². The first-order valence-electron chi connectivity index (χ1n) is 10.9. The van der Waals surface area contributed by atoms with E-state index in [2.05, 4.69) is 10.6 Å². The molecule has 13 nitrogen and oxygen atoms in total. The largest absolute Gasteiger partial charge is 0.394 e. The van der Waals surface area contributed by atoms with Crippen LogP contribution in [0, 0.1) is 0 Å². The van der Waals surface area contributed by atoms with Crippen molar-refractivity contribution in [2.24, 2.45) is 11.5 Å². The van der Waals surface area contributed by atoms with Crippen molar-refractivity contribution in [1.29, 1.82) is 0 Å². The summed E-state index contributed by atoms with van der Waals surface area (Å²) in [5.41, 5.74) is 11.3. The van der Waals surface area contributed by atoms with Crippen LogP contribution >= 0.6 is 0 Å². The minimum atomic E-state index is -1.41. The molecule has 8 N–H and O–H groups in total. The number of carbonyl (C=O) groups is 5. The quantitative estimate of drug-likeness (QED) is 0.241. The Morgan fingerprint density at radius 1 is 1.12 bits per heavy atom. The van der Waals surface area contributed by atoms with Crippen LogP contribution in [0.2, 0.25) is 0 Å². The molecule has 0 saturated carbocycles. The molecule has 0 aromatic rings. The fourth-order valence-corrected chi connectivity index (χ4v) is 3.59. The van der Waals surface area contributed by atoms with Crippen molar-refractivity contribution in [2.75, 3.05) is 27.2 Å². The minimum absolute atomic E-state index is 0.0134. The zero-order valence-corrected chi connectivity index (χ0v) is 19.3. The van der Waals surface area contributed by atoms with E-state index >= 15 is 0 Å². The Bertz CT molecular complexity index is 732. The van der Waals surface area contributed by atoms with Crippen LogP contribution in [0.25, 0.3) is 0 Å². The van der Waals surface area contributed by atoms with Gasteiger partial charge in [0, 0.05) is 27.1 Å². The van der Waals surface area contributed by atoms with Crippen molar-refractivity contribution in [1.82, 2.24) is 20.4 Å². The molecule has 1 heterocycles. The number of hydrogen-bond acceptors (Lipinski definition) is 8. The molecule has 33 heavy (non-hydrogen) atoms. The SMILES string of the molecule is CC(O)[C@H]1C(=O)N(C)[C@@H](CO)C(=O)N[C@H](C(N)=O)CCCCNC(=O)CC[C@H](N)C(=O)N1C. The first kappa shape index (κ1) is 28.3. The topological polar surface area (TPSA) is 208 Å². The average Bonchev–Trinajstić information content (AvgIpc) is 2.75. The van der Waals surface area contributed by atoms with Crippen LogP contribution in [-0.2, 0) is 24.0 Å². The lowest BCUT2D eigenvalue weighted by Gasteiger charge is -2.36. The summed E-state index contributed by atoms with van der Waals surface area (Å²) >= 11 is 0. The Labute approximate surface area is 192 Å². The third-order valence-electron chi connectivity index (χ3n) is 5.67. The molecule has 0 aromatic carbocycles. The van der Waals surface area contributed by atoms with Gasteiger partial charge in [0.15, 0.2) is 0 Å². The van der Waals surface area contributed by atoms with Gasteiger partial charge < -0.3 is 42.1 Å². The lowest BCUT2D eigenvalue weighted by molar-refractivity contribution is -0.153. The van der Waals surface area contributed by atoms with Crippen LogP contribution < -0.4 is 22.1 Å². The molecule has 188 valence electrons. The lowest BCUT2D eigenvalue weighted by Crippen LogP contribution is -2.61. The highest BCUT2D eigenvalue weighted by Gasteiger charge is 2.39. The van der Waals surface area contributed by atoms with Crippen LogP contribution in [0.5, 0.6) is 0 Å². The van der Waals surface area contributed by atoms with Crippen molar-refractivity contribution in [3.05, 3.63) is 0 Å². The fraction of sp³-hybridized carbons (Fsp3) is 0.750. The molecule has 0 aromatic heterocycles. The zero-order chi connectivity index (χ0) is 25.3. The van der Waals surface area contributed by atoms with Gasteiger partial charge >= 0.3 is 0 Å². The van der Waals surface area contributed by atoms with Crippen molar-refractivity contribution >= 4 is 29.5 Å². The molecule has 1 saturated heterocycles. The molecule has 0 aliphatic carbocycles. The highest BCUT2D eigenvalue weighted by atomic mass is 16.3. The van der Waals surface area contributed by atoms with Gasteiger partial charge in [0.2, 0.25) is 29.5 Å². The highest BCUT2D eigenvalue weighted by Crippen LogP contribution is 2.13. The number of carbonyl (C=O) groups excluding carboxylic acids is 5. The number of nitrogens with two attached hydrogens (primary N) is 2. The summed E-state index contributed by atoms with van der Waals surface area (Å²) in [4.78, 5) is 64.3. The van der Waals surface area contributed by atoms with Crippen LogP contribution in [0.1, 0.15) is 39.0 Å². The number of likely N-dealkylation sites (N-methyl/N-ethyl adjacent to an activating group) is 2. The molecule has 0 radical (unpaired) electrons. The Morgan fingerprint density at radius 2 is 1.76 bits per heavy atom. The second kappa shape index (κ2) is 13.1. The van der Waals surface area contributed by atoms with Crippen molar-refractivity contribution < 1.29 is 34.2 Å². The van der Waals surface area contributed by atoms with E-state index in [0.717, 1.165) is 9.80 Å². The summed E-state index contributed by atoms with van der Waals surface area (Å²) in [5, 5.41) is 25.1. The number of aliphatic hydroxyl groups is 2. The summed E-state index contributed by atoms with van der Waals surface area (Å²) in [6.07, 6.45) is -0.157. The van der Waals surface area contributed by atoms with Crippen molar-refractivity contribution in [3.8, 4) is 0 Å². The number of primary amides is 1. The summed E-state index contributed by atoms with van der Waals surface area (Å²) in [5.74, 6) is -3.40. The van der Waals surface area contributed by atoms with E-state index in [-0.39, 0.29) is 25.2 Å². The van der Waals surface area contributed by atoms with E-state index in [9.17, 15) is 34.2 Å². The predicted molar refractivity (Wildman–Crippen MR) is 117 cm³/mol. The van der Waals surface area contributed by atoms with E-state index < -0.39 is 60.5 Å². The van der Waals surface area contributed by atoms with Gasteiger partial charge in [0.1, 0.15) is 18.1 Å². The van der Waals surface area contributed by atoms with Gasteiger partial charge in [-0.25, -0.2) is 0 Å². The average molecular weight is 473 g/mol. The van der Waals surface area contributed by atoms with Gasteiger partial charge in [-0.1, -0.05) is 0 Å². The molecule has 1 rings (SSSR count). The number of rotatable bonds is 3. The molecule has 13 heteroatoms. The van der Waals surface area contributed by atoms with Gasteiger partial charge in [-0.2, -0.15) is 0 Å². The Balaban J connectivity index is 3.24. The summed E-state index contributed by atoms with van der Waals surface area (Å²) in [7, 11) is 2.51. The van der Waals surface area contributed by atoms with Crippen LogP contribution in [0.3, 0.4) is 0 Å².